The van der Waals surface area contributed by atoms with Gasteiger partial charge < -0.3 is 10.6 Å². The van der Waals surface area contributed by atoms with Gasteiger partial charge in [0.15, 0.2) is 0 Å². The normalized spacial score (nSPS) is 21.0. The highest BCUT2D eigenvalue weighted by atomic mass is 19.3. The van der Waals surface area contributed by atoms with Gasteiger partial charge in [0.25, 0.3) is 11.8 Å². The van der Waals surface area contributed by atoms with E-state index < -0.39 is 42.7 Å². The van der Waals surface area contributed by atoms with Crippen molar-refractivity contribution in [1.29, 1.82) is 0 Å². The van der Waals surface area contributed by atoms with Crippen molar-refractivity contribution in [2.24, 2.45) is 5.73 Å². The smallest absolute Gasteiger partial charge is 0.267 e. The van der Waals surface area contributed by atoms with E-state index in [-0.39, 0.29) is 5.56 Å². The van der Waals surface area contributed by atoms with Gasteiger partial charge in [0, 0.05) is 23.7 Å². The molecule has 1 aliphatic carbocycles. The van der Waals surface area contributed by atoms with Gasteiger partial charge in [-0.3, -0.25) is 9.59 Å². The molecular weight excluding hydrogens is 371 g/mol. The predicted octanol–water partition coefficient (Wildman–Crippen LogP) is 3.10. The Kier molecular flexibility index (Phi) is 4.36. The molecule has 0 spiro atoms. The van der Waals surface area contributed by atoms with E-state index in [9.17, 15) is 22.8 Å². The highest BCUT2D eigenvalue weighted by molar-refractivity contribution is 5.99. The fraction of sp³-hybridized carbons (Fsp3) is 0.350. The molecule has 1 aromatic heterocycles. The number of hydrogen-bond donors (Lipinski definition) is 1. The number of alkyl halides is 2. The molecule has 1 atom stereocenters. The van der Waals surface area contributed by atoms with Crippen molar-refractivity contribution in [2.45, 2.75) is 37.1 Å². The molecule has 1 aromatic carbocycles. The third-order valence-electron chi connectivity index (χ3n) is 5.21. The molecule has 4 rings (SSSR count). The first-order chi connectivity index (χ1) is 13.2. The van der Waals surface area contributed by atoms with Gasteiger partial charge in [-0.25, -0.2) is 13.8 Å². The van der Waals surface area contributed by atoms with Crippen LogP contribution < -0.4 is 5.73 Å². The minimum absolute atomic E-state index is 0.174. The van der Waals surface area contributed by atoms with Gasteiger partial charge in [0.1, 0.15) is 6.04 Å². The number of halogens is 3. The SMILES string of the molecule is NC(=O)[C@@H]1CC(F)(F)CN1C(=O)c1ccc(C2CC2)c(-c2ccc(F)nc2)c1. The van der Waals surface area contributed by atoms with Gasteiger partial charge in [-0.15, -0.1) is 0 Å². The maximum absolute atomic E-state index is 13.8. The number of nitrogens with two attached hydrogens (primary N) is 1. The summed E-state index contributed by atoms with van der Waals surface area (Å²) in [6, 6.07) is 6.40. The van der Waals surface area contributed by atoms with Gasteiger partial charge in [0.2, 0.25) is 11.9 Å². The van der Waals surface area contributed by atoms with Crippen LogP contribution in [0.3, 0.4) is 0 Å². The molecule has 0 unspecified atom stereocenters. The van der Waals surface area contributed by atoms with Gasteiger partial charge in [-0.1, -0.05) is 6.07 Å². The molecule has 8 heteroatoms. The summed E-state index contributed by atoms with van der Waals surface area (Å²) in [4.78, 5) is 28.9. The Morgan fingerprint density at radius 3 is 2.54 bits per heavy atom. The average molecular weight is 389 g/mol. The first kappa shape index (κ1) is 18.5. The number of aromatic nitrogens is 1. The summed E-state index contributed by atoms with van der Waals surface area (Å²) >= 11 is 0. The molecule has 2 fully saturated rings. The first-order valence-electron chi connectivity index (χ1n) is 8.99. The Morgan fingerprint density at radius 2 is 1.93 bits per heavy atom. The van der Waals surface area contributed by atoms with Crippen molar-refractivity contribution in [1.82, 2.24) is 9.88 Å². The zero-order valence-electron chi connectivity index (χ0n) is 14.9. The monoisotopic (exact) mass is 389 g/mol. The Morgan fingerprint density at radius 1 is 1.18 bits per heavy atom. The van der Waals surface area contributed by atoms with Crippen LogP contribution in [-0.2, 0) is 4.79 Å². The summed E-state index contributed by atoms with van der Waals surface area (Å²) in [5.41, 5.74) is 7.75. The molecule has 0 bridgehead atoms. The van der Waals surface area contributed by atoms with Crippen molar-refractivity contribution in [2.75, 3.05) is 6.54 Å². The molecule has 146 valence electrons. The van der Waals surface area contributed by atoms with Crippen molar-refractivity contribution >= 4 is 11.8 Å². The standard InChI is InChI=1S/C20H18F3N3O2/c21-17-6-4-13(9-25-17)15-7-12(3-5-14(15)11-1-2-11)19(28)26-10-20(22,23)8-16(26)18(24)27/h3-7,9,11,16H,1-2,8,10H2,(H2,24,27)/t16-/m0/s1. The highest BCUT2D eigenvalue weighted by Crippen LogP contribution is 2.45. The molecule has 5 nitrogen and oxygen atoms in total. The van der Waals surface area contributed by atoms with E-state index in [0.717, 1.165) is 23.3 Å². The van der Waals surface area contributed by atoms with E-state index in [2.05, 4.69) is 4.98 Å². The summed E-state index contributed by atoms with van der Waals surface area (Å²) in [6.07, 6.45) is 2.62. The molecule has 2 aromatic rings. The lowest BCUT2D eigenvalue weighted by Crippen LogP contribution is -2.43. The summed E-state index contributed by atoms with van der Waals surface area (Å²) in [5.74, 6) is -5.07. The topological polar surface area (TPSA) is 76.3 Å². The molecule has 2 aliphatic rings. The zero-order valence-corrected chi connectivity index (χ0v) is 14.9. The molecule has 2 heterocycles. The molecule has 2 amide bonds. The van der Waals surface area contributed by atoms with E-state index in [4.69, 9.17) is 5.73 Å². The summed E-state index contributed by atoms with van der Waals surface area (Å²) in [5, 5.41) is 0. The van der Waals surface area contributed by atoms with E-state index in [1.807, 2.05) is 0 Å². The quantitative estimate of drug-likeness (QED) is 0.817. The lowest BCUT2D eigenvalue weighted by Gasteiger charge is -2.22. The molecule has 28 heavy (non-hydrogen) atoms. The molecule has 1 saturated heterocycles. The molecular formula is C20H18F3N3O2. The second-order valence-electron chi connectivity index (χ2n) is 7.36. The van der Waals surface area contributed by atoms with Crippen molar-refractivity contribution < 1.29 is 22.8 Å². The van der Waals surface area contributed by atoms with Crippen LogP contribution in [0, 0.1) is 5.95 Å². The van der Waals surface area contributed by atoms with Crippen LogP contribution >= 0.6 is 0 Å². The maximum atomic E-state index is 13.8. The number of amides is 2. The summed E-state index contributed by atoms with van der Waals surface area (Å²) < 4.78 is 40.8. The van der Waals surface area contributed by atoms with Crippen molar-refractivity contribution in [3.05, 3.63) is 53.6 Å². The van der Waals surface area contributed by atoms with Gasteiger partial charge in [0.05, 0.1) is 6.54 Å². The third kappa shape index (κ3) is 3.46. The fourth-order valence-corrected chi connectivity index (χ4v) is 3.68. The number of primary amides is 1. The number of carbonyl (C=O) groups excluding carboxylic acids is 2. The minimum Gasteiger partial charge on any atom is -0.368 e. The molecule has 0 radical (unpaired) electrons. The van der Waals surface area contributed by atoms with E-state index in [1.54, 1.807) is 24.3 Å². The second-order valence-corrected chi connectivity index (χ2v) is 7.36. The minimum atomic E-state index is -3.16. The largest absolute Gasteiger partial charge is 0.368 e. The summed E-state index contributed by atoms with van der Waals surface area (Å²) in [7, 11) is 0. The van der Waals surface area contributed by atoms with Crippen molar-refractivity contribution in [3.8, 4) is 11.1 Å². The number of hydrogen-bond acceptors (Lipinski definition) is 3. The average Bonchev–Trinajstić information content (AvgIpc) is 3.44. The number of carbonyl (C=O) groups is 2. The van der Waals surface area contributed by atoms with Crippen LogP contribution in [0.15, 0.2) is 36.5 Å². The highest BCUT2D eigenvalue weighted by Gasteiger charge is 2.49. The Balaban J connectivity index is 1.72. The van der Waals surface area contributed by atoms with Gasteiger partial charge in [-0.05, 0) is 54.2 Å². The second kappa shape index (κ2) is 6.61. The van der Waals surface area contributed by atoms with Crippen LogP contribution in [0.2, 0.25) is 0 Å². The number of benzene rings is 1. The fourth-order valence-electron chi connectivity index (χ4n) is 3.68. The Labute approximate surface area is 159 Å². The van der Waals surface area contributed by atoms with Crippen LogP contribution in [-0.4, -0.2) is 40.2 Å². The Bertz CT molecular complexity index is 942. The van der Waals surface area contributed by atoms with E-state index in [1.165, 1.54) is 12.3 Å². The molecule has 1 aliphatic heterocycles. The van der Waals surface area contributed by atoms with Crippen LogP contribution in [0.25, 0.3) is 11.1 Å². The molecule has 2 N–H and O–H groups in total. The van der Waals surface area contributed by atoms with E-state index >= 15 is 0 Å². The van der Waals surface area contributed by atoms with Gasteiger partial charge >= 0.3 is 0 Å². The number of pyridine rings is 1. The van der Waals surface area contributed by atoms with Crippen LogP contribution in [0.4, 0.5) is 13.2 Å². The first-order valence-corrected chi connectivity index (χ1v) is 8.99. The zero-order chi connectivity index (χ0) is 20.1. The predicted molar refractivity (Wildman–Crippen MR) is 95.2 cm³/mol. The van der Waals surface area contributed by atoms with Gasteiger partial charge in [-0.2, -0.15) is 4.39 Å². The van der Waals surface area contributed by atoms with Crippen LogP contribution in [0.1, 0.15) is 41.1 Å². The Hall–Kier alpha value is -2.90. The molecule has 1 saturated carbocycles. The number of rotatable bonds is 4. The summed E-state index contributed by atoms with van der Waals surface area (Å²) in [6.45, 7) is -0.850. The van der Waals surface area contributed by atoms with Crippen LogP contribution in [0.5, 0.6) is 0 Å². The van der Waals surface area contributed by atoms with E-state index in [0.29, 0.717) is 17.0 Å². The van der Waals surface area contributed by atoms with Crippen molar-refractivity contribution in [3.63, 3.8) is 0 Å². The third-order valence-corrected chi connectivity index (χ3v) is 5.21. The lowest BCUT2D eigenvalue weighted by atomic mass is 9.95. The number of likely N-dealkylation sites (tertiary alicyclic amines) is 1. The lowest BCUT2D eigenvalue weighted by molar-refractivity contribution is -0.121. The maximum Gasteiger partial charge on any atom is 0.267 e. The number of nitrogens with zero attached hydrogens (tertiary/aromatic N) is 2.